The molecule has 2 rings (SSSR count). The fraction of sp³-hybridized carbons (Fsp3) is 0. The molecule has 82 valence electrons. The fourth-order valence-electron chi connectivity index (χ4n) is 1.26. The van der Waals surface area contributed by atoms with Gasteiger partial charge in [0.15, 0.2) is 0 Å². The van der Waals surface area contributed by atoms with Crippen LogP contribution in [-0.2, 0) is 0 Å². The molecule has 0 heterocycles. The van der Waals surface area contributed by atoms with E-state index >= 15 is 0 Å². The molecule has 2 aromatic rings. The Morgan fingerprint density at radius 2 is 0.938 bits per heavy atom. The van der Waals surface area contributed by atoms with Crippen molar-refractivity contribution < 1.29 is 4.79 Å². The third-order valence-corrected chi connectivity index (χ3v) is 1.88. The van der Waals surface area contributed by atoms with Crippen molar-refractivity contribution >= 4 is 29.7 Å². The fourth-order valence-corrected chi connectivity index (χ4v) is 1.26. The highest BCUT2D eigenvalue weighted by Crippen LogP contribution is 2.17. The van der Waals surface area contributed by atoms with Crippen LogP contribution in [0.2, 0.25) is 0 Å². The molecule has 0 aliphatic carbocycles. The number of hydrogen-bond donors (Lipinski definition) is 2. The molecule has 0 amide bonds. The first kappa shape index (κ1) is 12.9. The molecule has 3 heteroatoms. The highest BCUT2D eigenvalue weighted by molar-refractivity contribution is 8.23. The summed E-state index contributed by atoms with van der Waals surface area (Å²) in [4.78, 5) is 9.17. The third kappa shape index (κ3) is 5.05. The van der Waals surface area contributed by atoms with Gasteiger partial charge in [0.1, 0.15) is 0 Å². The van der Waals surface area contributed by atoms with E-state index in [9.17, 15) is 4.79 Å². The second kappa shape index (κ2) is 7.14. The molecule has 2 aromatic carbocycles. The Balaban J connectivity index is 0.000000280. The lowest BCUT2D eigenvalue weighted by atomic mass is 10.1. The first-order chi connectivity index (χ1) is 7.70. The zero-order chi connectivity index (χ0) is 11.8. The smallest absolute Gasteiger partial charge is 0.239 e. The van der Waals surface area contributed by atoms with Crippen molar-refractivity contribution in [1.29, 1.82) is 0 Å². The van der Waals surface area contributed by atoms with Gasteiger partial charge in [-0.05, 0) is 11.1 Å². The minimum atomic E-state index is -0.444. The van der Waals surface area contributed by atoms with Crippen molar-refractivity contribution in [3.05, 3.63) is 60.7 Å². The van der Waals surface area contributed by atoms with Crippen molar-refractivity contribution in [2.75, 3.05) is 0 Å². The van der Waals surface area contributed by atoms with Crippen molar-refractivity contribution in [1.82, 2.24) is 0 Å². The molecule has 0 saturated carbocycles. The average molecular weight is 248 g/mol. The van der Waals surface area contributed by atoms with Gasteiger partial charge in [0.05, 0.1) is 0 Å². The summed E-state index contributed by atoms with van der Waals surface area (Å²) in [6.07, 6.45) is 0. The number of thiol groups is 2. The highest BCUT2D eigenvalue weighted by Gasteiger charge is 1.91. The maximum atomic E-state index is 9.17. The van der Waals surface area contributed by atoms with Gasteiger partial charge in [0.2, 0.25) is 4.45 Å². The van der Waals surface area contributed by atoms with Gasteiger partial charge in [-0.15, -0.1) is 0 Å². The Labute approximate surface area is 106 Å². The van der Waals surface area contributed by atoms with Gasteiger partial charge in [-0.3, -0.25) is 4.79 Å². The van der Waals surface area contributed by atoms with Crippen molar-refractivity contribution in [3.63, 3.8) is 0 Å². The Morgan fingerprint density at radius 3 is 1.19 bits per heavy atom. The van der Waals surface area contributed by atoms with Crippen molar-refractivity contribution in [2.24, 2.45) is 0 Å². The first-order valence-corrected chi connectivity index (χ1v) is 5.62. The predicted octanol–water partition coefficient (Wildman–Crippen LogP) is 4.32. The lowest BCUT2D eigenvalue weighted by Crippen LogP contribution is -1.73. The molecule has 0 unspecified atom stereocenters. The van der Waals surface area contributed by atoms with Gasteiger partial charge in [-0.25, -0.2) is 0 Å². The molecule has 0 N–H and O–H groups in total. The van der Waals surface area contributed by atoms with Crippen LogP contribution in [0.15, 0.2) is 60.7 Å². The zero-order valence-corrected chi connectivity index (χ0v) is 10.4. The molecule has 16 heavy (non-hydrogen) atoms. The van der Waals surface area contributed by atoms with E-state index in [1.807, 2.05) is 12.1 Å². The first-order valence-electron chi connectivity index (χ1n) is 4.72. The van der Waals surface area contributed by atoms with Crippen LogP contribution in [0.25, 0.3) is 11.1 Å². The minimum absolute atomic E-state index is 0.444. The quantitative estimate of drug-likeness (QED) is 0.719. The predicted molar refractivity (Wildman–Crippen MR) is 75.2 cm³/mol. The number of carbonyl (C=O) groups is 1. The minimum Gasteiger partial charge on any atom is -0.275 e. The van der Waals surface area contributed by atoms with Gasteiger partial charge in [0.25, 0.3) is 0 Å². The van der Waals surface area contributed by atoms with Gasteiger partial charge >= 0.3 is 0 Å². The lowest BCUT2D eigenvalue weighted by Gasteiger charge is -1.98. The molecule has 0 aliphatic rings. The molecular weight excluding hydrogens is 236 g/mol. The third-order valence-electron chi connectivity index (χ3n) is 1.88. The second-order valence-electron chi connectivity index (χ2n) is 3.01. The van der Waals surface area contributed by atoms with E-state index in [1.165, 1.54) is 11.1 Å². The summed E-state index contributed by atoms with van der Waals surface area (Å²) in [5, 5.41) is 0. The molecule has 0 radical (unpaired) electrons. The lowest BCUT2D eigenvalue weighted by molar-refractivity contribution is 0.277. The Bertz CT molecular complexity index is 385. The van der Waals surface area contributed by atoms with Crippen LogP contribution in [-0.4, -0.2) is 4.45 Å². The van der Waals surface area contributed by atoms with Crippen molar-refractivity contribution in [3.8, 4) is 11.1 Å². The molecule has 0 fully saturated rings. The molecule has 0 aromatic heterocycles. The molecule has 0 aliphatic heterocycles. The van der Waals surface area contributed by atoms with Crippen LogP contribution in [0.5, 0.6) is 0 Å². The normalized spacial score (nSPS) is 8.88. The Morgan fingerprint density at radius 1 is 0.688 bits per heavy atom. The summed E-state index contributed by atoms with van der Waals surface area (Å²) in [7, 11) is 0. The standard InChI is InChI=1S/C12H10.CH2OS2/c1-3-7-11(8-4-1)12-9-5-2-6-10-12;2-1(3)4/h1-10H;(H2,2,3,4). The monoisotopic (exact) mass is 248 g/mol. The van der Waals surface area contributed by atoms with Crippen LogP contribution in [0.1, 0.15) is 0 Å². The van der Waals surface area contributed by atoms with E-state index in [4.69, 9.17) is 0 Å². The van der Waals surface area contributed by atoms with Crippen LogP contribution >= 0.6 is 25.3 Å². The molecule has 0 spiro atoms. The molecular formula is C13H12OS2. The summed E-state index contributed by atoms with van der Waals surface area (Å²) in [6, 6.07) is 20.8. The summed E-state index contributed by atoms with van der Waals surface area (Å²) >= 11 is 6.38. The van der Waals surface area contributed by atoms with E-state index < -0.39 is 4.45 Å². The summed E-state index contributed by atoms with van der Waals surface area (Å²) < 4.78 is -0.444. The number of benzene rings is 2. The number of hydrogen-bond acceptors (Lipinski definition) is 1. The highest BCUT2D eigenvalue weighted by atomic mass is 32.2. The number of carbonyl (C=O) groups excluding carboxylic acids is 1. The van der Waals surface area contributed by atoms with Crippen LogP contribution in [0.4, 0.5) is 4.79 Å². The van der Waals surface area contributed by atoms with E-state index in [-0.39, 0.29) is 0 Å². The van der Waals surface area contributed by atoms with Crippen LogP contribution in [0.3, 0.4) is 0 Å². The SMILES string of the molecule is O=C(S)S.c1ccc(-c2ccccc2)cc1. The average Bonchev–Trinajstić information content (AvgIpc) is 2.31. The Hall–Kier alpha value is -1.19. The van der Waals surface area contributed by atoms with E-state index in [0.717, 1.165) is 0 Å². The van der Waals surface area contributed by atoms with E-state index in [1.54, 1.807) is 0 Å². The van der Waals surface area contributed by atoms with Gasteiger partial charge < -0.3 is 0 Å². The maximum absolute atomic E-state index is 9.17. The molecule has 0 saturated heterocycles. The molecule has 0 atom stereocenters. The Kier molecular flexibility index (Phi) is 5.75. The molecule has 0 bridgehead atoms. The van der Waals surface area contributed by atoms with Gasteiger partial charge in [-0.1, -0.05) is 85.9 Å². The largest absolute Gasteiger partial charge is 0.275 e. The van der Waals surface area contributed by atoms with Gasteiger partial charge in [-0.2, -0.15) is 0 Å². The number of rotatable bonds is 1. The topological polar surface area (TPSA) is 17.1 Å². The van der Waals surface area contributed by atoms with Gasteiger partial charge in [0, 0.05) is 0 Å². The van der Waals surface area contributed by atoms with Crippen LogP contribution < -0.4 is 0 Å². The van der Waals surface area contributed by atoms with E-state index in [0.29, 0.717) is 0 Å². The molecule has 1 nitrogen and oxygen atoms in total. The summed E-state index contributed by atoms with van der Waals surface area (Å²) in [5.74, 6) is 0. The van der Waals surface area contributed by atoms with E-state index in [2.05, 4.69) is 73.8 Å². The maximum Gasteiger partial charge on any atom is 0.239 e. The summed E-state index contributed by atoms with van der Waals surface area (Å²) in [6.45, 7) is 0. The second-order valence-corrected chi connectivity index (χ2v) is 4.18. The van der Waals surface area contributed by atoms with Crippen LogP contribution in [0, 0.1) is 0 Å². The zero-order valence-electron chi connectivity index (χ0n) is 8.58. The van der Waals surface area contributed by atoms with Crippen molar-refractivity contribution in [2.45, 2.75) is 0 Å². The summed E-state index contributed by atoms with van der Waals surface area (Å²) in [5.41, 5.74) is 2.55.